The molecule has 1 aromatic heterocycles. The zero-order chi connectivity index (χ0) is 15.1. The molecule has 3 nitrogen and oxygen atoms in total. The van der Waals surface area contributed by atoms with Crippen molar-refractivity contribution in [3.63, 3.8) is 0 Å². The molecular formula is C16H20N2OS2. The van der Waals surface area contributed by atoms with E-state index in [0.29, 0.717) is 6.42 Å². The third-order valence-corrected chi connectivity index (χ3v) is 4.80. The van der Waals surface area contributed by atoms with Gasteiger partial charge in [0.2, 0.25) is 5.91 Å². The number of rotatable bonds is 7. The molecular weight excluding hydrogens is 300 g/mol. The van der Waals surface area contributed by atoms with E-state index in [1.807, 2.05) is 54.1 Å². The number of nitrogens with two attached hydrogens (primary N) is 1. The van der Waals surface area contributed by atoms with E-state index in [1.54, 1.807) is 23.1 Å². The molecule has 1 unspecified atom stereocenters. The lowest BCUT2D eigenvalue weighted by Gasteiger charge is -2.20. The van der Waals surface area contributed by atoms with Gasteiger partial charge in [-0.05, 0) is 35.4 Å². The lowest BCUT2D eigenvalue weighted by molar-refractivity contribution is -0.122. The largest absolute Gasteiger partial charge is 0.343 e. The van der Waals surface area contributed by atoms with Crippen LogP contribution in [0.5, 0.6) is 0 Å². The van der Waals surface area contributed by atoms with Crippen molar-refractivity contribution in [1.82, 2.24) is 5.32 Å². The fourth-order valence-electron chi connectivity index (χ4n) is 2.04. The Balaban J connectivity index is 2.12. The van der Waals surface area contributed by atoms with Gasteiger partial charge < -0.3 is 11.1 Å². The molecule has 5 heteroatoms. The van der Waals surface area contributed by atoms with Crippen LogP contribution in [0.2, 0.25) is 0 Å². The van der Waals surface area contributed by atoms with E-state index in [0.717, 1.165) is 16.2 Å². The molecule has 1 amide bonds. The van der Waals surface area contributed by atoms with Crippen LogP contribution in [0, 0.1) is 0 Å². The minimum atomic E-state index is -0.455. The third-order valence-electron chi connectivity index (χ3n) is 3.22. The highest BCUT2D eigenvalue weighted by Crippen LogP contribution is 2.26. The number of hydrogen-bond acceptors (Lipinski definition) is 4. The summed E-state index contributed by atoms with van der Waals surface area (Å²) < 4.78 is 0. The summed E-state index contributed by atoms with van der Waals surface area (Å²) in [5, 5.41) is 5.10. The summed E-state index contributed by atoms with van der Waals surface area (Å²) in [6.07, 6.45) is 2.71. The number of carbonyl (C=O) groups excluding carboxylic acids is 1. The first-order valence-corrected chi connectivity index (χ1v) is 9.13. The van der Waals surface area contributed by atoms with Gasteiger partial charge >= 0.3 is 0 Å². The van der Waals surface area contributed by atoms with Crippen LogP contribution < -0.4 is 11.1 Å². The van der Waals surface area contributed by atoms with Gasteiger partial charge in [-0.15, -0.1) is 11.3 Å². The maximum atomic E-state index is 12.3. The minimum Gasteiger partial charge on any atom is -0.343 e. The maximum absolute atomic E-state index is 12.3. The van der Waals surface area contributed by atoms with Gasteiger partial charge in [0.1, 0.15) is 0 Å². The molecule has 0 bridgehead atoms. The molecule has 2 aromatic rings. The molecule has 0 radical (unpaired) electrons. The van der Waals surface area contributed by atoms with Gasteiger partial charge in [-0.2, -0.15) is 11.8 Å². The van der Waals surface area contributed by atoms with Crippen molar-refractivity contribution >= 4 is 29.0 Å². The van der Waals surface area contributed by atoms with Gasteiger partial charge in [0.15, 0.2) is 0 Å². The molecule has 0 saturated carbocycles. The van der Waals surface area contributed by atoms with Crippen molar-refractivity contribution in [2.24, 2.45) is 5.73 Å². The van der Waals surface area contributed by atoms with Crippen LogP contribution in [0.15, 0.2) is 47.8 Å². The van der Waals surface area contributed by atoms with E-state index in [9.17, 15) is 4.79 Å². The smallest absolute Gasteiger partial charge is 0.237 e. The predicted molar refractivity (Wildman–Crippen MR) is 91.7 cm³/mol. The van der Waals surface area contributed by atoms with E-state index in [1.165, 1.54) is 0 Å². The van der Waals surface area contributed by atoms with Gasteiger partial charge in [-0.1, -0.05) is 36.4 Å². The topological polar surface area (TPSA) is 55.1 Å². The highest BCUT2D eigenvalue weighted by Gasteiger charge is 2.21. The van der Waals surface area contributed by atoms with Gasteiger partial charge in [0.05, 0.1) is 12.1 Å². The van der Waals surface area contributed by atoms with Crippen LogP contribution in [-0.4, -0.2) is 24.0 Å². The van der Waals surface area contributed by atoms with E-state index in [4.69, 9.17) is 5.73 Å². The summed E-state index contributed by atoms with van der Waals surface area (Å²) in [4.78, 5) is 13.4. The first-order chi connectivity index (χ1) is 10.2. The molecule has 3 N–H and O–H groups in total. The molecule has 0 aliphatic carbocycles. The number of hydrogen-bond donors (Lipinski definition) is 2. The molecule has 2 atom stereocenters. The first-order valence-electron chi connectivity index (χ1n) is 6.85. The average Bonchev–Trinajstić information content (AvgIpc) is 3.04. The van der Waals surface area contributed by atoms with Crippen LogP contribution in [0.3, 0.4) is 0 Å². The Hall–Kier alpha value is -1.30. The second-order valence-electron chi connectivity index (χ2n) is 4.76. The number of carbonyl (C=O) groups is 1. The molecule has 0 saturated heterocycles. The summed E-state index contributed by atoms with van der Waals surface area (Å²) in [5.74, 6) is 0.801. The third kappa shape index (κ3) is 4.59. The quantitative estimate of drug-likeness (QED) is 0.824. The minimum absolute atomic E-state index is 0.0914. The summed E-state index contributed by atoms with van der Waals surface area (Å²) in [6, 6.07) is 13.4. The van der Waals surface area contributed by atoms with Gasteiger partial charge in [0.25, 0.3) is 0 Å². The molecule has 0 spiro atoms. The summed E-state index contributed by atoms with van der Waals surface area (Å²) >= 11 is 3.34. The summed E-state index contributed by atoms with van der Waals surface area (Å²) in [7, 11) is 0. The van der Waals surface area contributed by atoms with Crippen LogP contribution >= 0.6 is 23.1 Å². The van der Waals surface area contributed by atoms with E-state index < -0.39 is 6.04 Å². The molecule has 0 fully saturated rings. The molecule has 2 rings (SSSR count). The number of amides is 1. The highest BCUT2D eigenvalue weighted by molar-refractivity contribution is 7.98. The SMILES string of the molecule is CSCC[C@@H](N)C(=O)NC(c1ccccc1)c1cccs1. The Labute approximate surface area is 133 Å². The van der Waals surface area contributed by atoms with Crippen molar-refractivity contribution in [1.29, 1.82) is 0 Å². The number of nitrogens with one attached hydrogen (secondary N) is 1. The number of thiophene rings is 1. The summed E-state index contributed by atoms with van der Waals surface area (Å²) in [5.41, 5.74) is 7.04. The van der Waals surface area contributed by atoms with Crippen molar-refractivity contribution < 1.29 is 4.79 Å². The molecule has 112 valence electrons. The Morgan fingerprint density at radius 3 is 2.67 bits per heavy atom. The molecule has 0 aliphatic heterocycles. The van der Waals surface area contributed by atoms with Gasteiger partial charge in [-0.3, -0.25) is 4.79 Å². The number of thioether (sulfide) groups is 1. The van der Waals surface area contributed by atoms with Gasteiger partial charge in [-0.25, -0.2) is 0 Å². The second kappa shape index (κ2) is 8.22. The Bertz CT molecular complexity index is 543. The predicted octanol–water partition coefficient (Wildman–Crippen LogP) is 3.03. The van der Waals surface area contributed by atoms with Crippen LogP contribution in [0.4, 0.5) is 0 Å². The lowest BCUT2D eigenvalue weighted by atomic mass is 10.0. The molecule has 0 aliphatic rings. The van der Waals surface area contributed by atoms with Crippen LogP contribution in [0.25, 0.3) is 0 Å². The zero-order valence-corrected chi connectivity index (χ0v) is 13.6. The maximum Gasteiger partial charge on any atom is 0.237 e. The lowest BCUT2D eigenvalue weighted by Crippen LogP contribution is -2.42. The van der Waals surface area contributed by atoms with E-state index >= 15 is 0 Å². The van der Waals surface area contributed by atoms with Gasteiger partial charge in [0, 0.05) is 4.88 Å². The average molecular weight is 320 g/mol. The van der Waals surface area contributed by atoms with E-state index in [2.05, 4.69) is 5.32 Å². The Kier molecular flexibility index (Phi) is 6.29. The van der Waals surface area contributed by atoms with Crippen molar-refractivity contribution in [2.75, 3.05) is 12.0 Å². The fraction of sp³-hybridized carbons (Fsp3) is 0.312. The molecule has 21 heavy (non-hydrogen) atoms. The standard InChI is InChI=1S/C16H20N2OS2/c1-20-11-9-13(17)16(19)18-15(14-8-5-10-21-14)12-6-3-2-4-7-12/h2-8,10,13,15H,9,11,17H2,1H3,(H,18,19)/t13-,15?/m1/s1. The molecule has 1 aromatic carbocycles. The first kappa shape index (κ1) is 16.1. The zero-order valence-electron chi connectivity index (χ0n) is 12.0. The normalized spacial score (nSPS) is 13.6. The number of benzene rings is 1. The Morgan fingerprint density at radius 1 is 1.29 bits per heavy atom. The highest BCUT2D eigenvalue weighted by atomic mass is 32.2. The monoisotopic (exact) mass is 320 g/mol. The van der Waals surface area contributed by atoms with Crippen LogP contribution in [0.1, 0.15) is 22.9 Å². The van der Waals surface area contributed by atoms with Crippen molar-refractivity contribution in [3.05, 3.63) is 58.3 Å². The van der Waals surface area contributed by atoms with Crippen LogP contribution in [-0.2, 0) is 4.79 Å². The second-order valence-corrected chi connectivity index (χ2v) is 6.72. The molecule has 1 heterocycles. The fourth-order valence-corrected chi connectivity index (χ4v) is 3.34. The van der Waals surface area contributed by atoms with Crippen molar-refractivity contribution in [2.45, 2.75) is 18.5 Å². The summed E-state index contributed by atoms with van der Waals surface area (Å²) in [6.45, 7) is 0. The Morgan fingerprint density at radius 2 is 2.05 bits per heavy atom. The van der Waals surface area contributed by atoms with E-state index in [-0.39, 0.29) is 11.9 Å². The van der Waals surface area contributed by atoms with Crippen molar-refractivity contribution in [3.8, 4) is 0 Å².